The van der Waals surface area contributed by atoms with Gasteiger partial charge in [0, 0.05) is 22.5 Å². The van der Waals surface area contributed by atoms with E-state index in [0.29, 0.717) is 11.1 Å². The second kappa shape index (κ2) is 8.32. The molecule has 0 aliphatic rings. The average Bonchev–Trinajstić information content (AvgIpc) is 2.57. The first-order valence-corrected chi connectivity index (χ1v) is 9.66. The molecule has 1 aromatic carbocycles. The van der Waals surface area contributed by atoms with E-state index < -0.39 is 21.4 Å². The highest BCUT2D eigenvalue weighted by Crippen LogP contribution is 2.36. The Kier molecular flexibility index (Phi) is 6.51. The van der Waals surface area contributed by atoms with Crippen molar-refractivity contribution in [3.63, 3.8) is 0 Å². The number of hydrogen-bond donors (Lipinski definition) is 0. The van der Waals surface area contributed by atoms with Crippen molar-refractivity contribution in [1.82, 2.24) is 9.97 Å². The van der Waals surface area contributed by atoms with E-state index in [0.717, 1.165) is 11.4 Å². The number of rotatable bonds is 2. The fraction of sp³-hybridized carbons (Fsp3) is 0.222. The Morgan fingerprint density at radius 1 is 0.893 bits per heavy atom. The van der Waals surface area contributed by atoms with Crippen LogP contribution in [-0.4, -0.2) is 23.9 Å². The van der Waals surface area contributed by atoms with Crippen LogP contribution in [0.1, 0.15) is 17.1 Å². The first kappa shape index (κ1) is 21.9. The average molecular weight is 433 g/mol. The van der Waals surface area contributed by atoms with Crippen LogP contribution in [0, 0.1) is 20.8 Å². The summed E-state index contributed by atoms with van der Waals surface area (Å²) in [4.78, 5) is 8.14. The number of alkyl halides is 3. The Bertz CT molecular complexity index is 1080. The fourth-order valence-electron chi connectivity index (χ4n) is 2.15. The first-order chi connectivity index (χ1) is 12.9. The molecule has 10 heteroatoms. The molecule has 28 heavy (non-hydrogen) atoms. The number of hydrogen-bond acceptors (Lipinski definition) is 5. The molecule has 5 nitrogen and oxygen atoms in total. The highest BCUT2D eigenvalue weighted by Gasteiger charge is 2.49. The number of benzene rings is 1. The molecule has 0 saturated heterocycles. The second-order valence-electron chi connectivity index (χ2n) is 5.80. The third kappa shape index (κ3) is 5.32. The number of aryl methyl sites for hydroxylation is 3. The Morgan fingerprint density at radius 3 is 1.93 bits per heavy atom. The molecule has 2 aromatic heterocycles. The standard InChI is InChI=1S/C11H7ClF3NO3S.C7H9N/c1-6-2-3-7-4-5-8(12)10(9(7)16-6)19-20(17,18)11(13,14)15;1-6-4-3-5-7(2)8-6/h2-5H,1H3;3-5H,1-2H3. The number of nitrogens with zero attached hydrogens (tertiary/aromatic N) is 2. The normalized spacial score (nSPS) is 11.7. The summed E-state index contributed by atoms with van der Waals surface area (Å²) in [6.45, 7) is 5.59. The Labute approximate surface area is 165 Å². The zero-order valence-electron chi connectivity index (χ0n) is 15.1. The SMILES string of the molecule is Cc1ccc2ccc(Cl)c(OS(=O)(=O)C(F)(F)F)c2n1.Cc1cccc(C)n1. The Hall–Kier alpha value is -2.39. The predicted octanol–water partition coefficient (Wildman–Crippen LogP) is 5.12. The highest BCUT2D eigenvalue weighted by molar-refractivity contribution is 7.88. The molecule has 0 N–H and O–H groups in total. The van der Waals surface area contributed by atoms with Crippen molar-refractivity contribution < 1.29 is 25.8 Å². The zero-order valence-corrected chi connectivity index (χ0v) is 16.7. The predicted molar refractivity (Wildman–Crippen MR) is 101 cm³/mol. The quantitative estimate of drug-likeness (QED) is 0.415. The lowest BCUT2D eigenvalue weighted by Crippen LogP contribution is -2.28. The molecule has 0 atom stereocenters. The summed E-state index contributed by atoms with van der Waals surface area (Å²) in [7, 11) is -5.80. The van der Waals surface area contributed by atoms with Crippen LogP contribution < -0.4 is 4.18 Å². The van der Waals surface area contributed by atoms with Crippen molar-refractivity contribution in [1.29, 1.82) is 0 Å². The fourth-order valence-corrected chi connectivity index (χ4v) is 2.87. The van der Waals surface area contributed by atoms with E-state index in [4.69, 9.17) is 11.6 Å². The molecule has 3 rings (SSSR count). The van der Waals surface area contributed by atoms with Gasteiger partial charge in [-0.15, -0.1) is 0 Å². The van der Waals surface area contributed by atoms with E-state index in [1.807, 2.05) is 32.0 Å². The molecule has 3 aromatic rings. The molecule has 0 aliphatic carbocycles. The maximum atomic E-state index is 12.4. The summed E-state index contributed by atoms with van der Waals surface area (Å²) in [5, 5.41) is 0.135. The Balaban J connectivity index is 0.000000292. The summed E-state index contributed by atoms with van der Waals surface area (Å²) in [5.74, 6) is -0.634. The van der Waals surface area contributed by atoms with Gasteiger partial charge in [0.1, 0.15) is 5.52 Å². The topological polar surface area (TPSA) is 69.2 Å². The van der Waals surface area contributed by atoms with Gasteiger partial charge in [0.05, 0.1) is 5.02 Å². The number of fused-ring (bicyclic) bond motifs is 1. The third-order valence-corrected chi connectivity index (χ3v) is 4.66. The van der Waals surface area contributed by atoms with Gasteiger partial charge in [0.25, 0.3) is 0 Å². The van der Waals surface area contributed by atoms with E-state index in [2.05, 4.69) is 14.2 Å². The molecular formula is C18H16ClF3N2O3S. The third-order valence-electron chi connectivity index (χ3n) is 3.41. The van der Waals surface area contributed by atoms with Gasteiger partial charge in [-0.25, -0.2) is 4.98 Å². The van der Waals surface area contributed by atoms with Crippen molar-refractivity contribution in [2.45, 2.75) is 26.3 Å². The minimum atomic E-state index is -5.80. The van der Waals surface area contributed by atoms with Crippen molar-refractivity contribution in [2.24, 2.45) is 0 Å². The molecule has 2 heterocycles. The first-order valence-electron chi connectivity index (χ1n) is 7.87. The molecular weight excluding hydrogens is 417 g/mol. The van der Waals surface area contributed by atoms with Crippen molar-refractivity contribution in [3.05, 3.63) is 64.6 Å². The minimum absolute atomic E-state index is 0.0506. The molecule has 0 unspecified atom stereocenters. The maximum Gasteiger partial charge on any atom is 0.534 e. The molecule has 0 radical (unpaired) electrons. The van der Waals surface area contributed by atoms with E-state index >= 15 is 0 Å². The van der Waals surface area contributed by atoms with Crippen LogP contribution >= 0.6 is 11.6 Å². The van der Waals surface area contributed by atoms with Crippen molar-refractivity contribution >= 4 is 32.6 Å². The van der Waals surface area contributed by atoms with Crippen LogP contribution in [-0.2, 0) is 10.1 Å². The van der Waals surface area contributed by atoms with E-state index in [-0.39, 0.29) is 10.5 Å². The van der Waals surface area contributed by atoms with Gasteiger partial charge in [-0.05, 0) is 45.0 Å². The molecule has 0 bridgehead atoms. The van der Waals surface area contributed by atoms with Crippen LogP contribution in [0.4, 0.5) is 13.2 Å². The summed E-state index contributed by atoms with van der Waals surface area (Å²) in [5.41, 5.74) is -2.93. The van der Waals surface area contributed by atoms with Gasteiger partial charge >= 0.3 is 15.6 Å². The van der Waals surface area contributed by atoms with Crippen molar-refractivity contribution in [2.75, 3.05) is 0 Å². The van der Waals surface area contributed by atoms with Gasteiger partial charge in [0.2, 0.25) is 0 Å². The molecule has 0 spiro atoms. The van der Waals surface area contributed by atoms with Crippen LogP contribution in [0.15, 0.2) is 42.5 Å². The van der Waals surface area contributed by atoms with Crippen molar-refractivity contribution in [3.8, 4) is 5.75 Å². The lowest BCUT2D eigenvalue weighted by molar-refractivity contribution is -0.0499. The summed E-state index contributed by atoms with van der Waals surface area (Å²) in [6, 6.07) is 11.9. The number of halogens is 4. The largest absolute Gasteiger partial charge is 0.534 e. The number of pyridine rings is 2. The van der Waals surface area contributed by atoms with Gasteiger partial charge in [0.15, 0.2) is 5.75 Å². The van der Waals surface area contributed by atoms with Crippen LogP contribution in [0.25, 0.3) is 10.9 Å². The lowest BCUT2D eigenvalue weighted by atomic mass is 10.2. The minimum Gasteiger partial charge on any atom is -0.372 e. The van der Waals surface area contributed by atoms with Crippen LogP contribution in [0.5, 0.6) is 5.75 Å². The molecule has 150 valence electrons. The maximum absolute atomic E-state index is 12.4. The smallest absolute Gasteiger partial charge is 0.372 e. The summed E-state index contributed by atoms with van der Waals surface area (Å²) >= 11 is 5.71. The zero-order chi connectivity index (χ0) is 21.1. The number of aromatic nitrogens is 2. The second-order valence-corrected chi connectivity index (χ2v) is 7.75. The molecule has 0 fully saturated rings. The van der Waals surface area contributed by atoms with Gasteiger partial charge < -0.3 is 4.18 Å². The van der Waals surface area contributed by atoms with E-state index in [9.17, 15) is 21.6 Å². The summed E-state index contributed by atoms with van der Waals surface area (Å²) < 4.78 is 63.3. The molecule has 0 amide bonds. The Morgan fingerprint density at radius 2 is 1.43 bits per heavy atom. The van der Waals surface area contributed by atoms with Gasteiger partial charge in [-0.2, -0.15) is 21.6 Å². The van der Waals surface area contributed by atoms with Crippen LogP contribution in [0.2, 0.25) is 5.02 Å². The van der Waals surface area contributed by atoms with E-state index in [1.54, 1.807) is 19.1 Å². The van der Waals surface area contributed by atoms with Gasteiger partial charge in [-0.3, -0.25) is 4.98 Å². The monoisotopic (exact) mass is 432 g/mol. The molecule has 0 aliphatic heterocycles. The summed E-state index contributed by atoms with van der Waals surface area (Å²) in [6.07, 6.45) is 0. The van der Waals surface area contributed by atoms with E-state index in [1.165, 1.54) is 12.1 Å². The van der Waals surface area contributed by atoms with Crippen LogP contribution in [0.3, 0.4) is 0 Å². The lowest BCUT2D eigenvalue weighted by Gasteiger charge is -2.12. The van der Waals surface area contributed by atoms with Gasteiger partial charge in [-0.1, -0.05) is 29.8 Å². The highest BCUT2D eigenvalue weighted by atomic mass is 35.5. The molecule has 0 saturated carbocycles.